The van der Waals surface area contributed by atoms with Gasteiger partial charge in [0.15, 0.2) is 0 Å². The van der Waals surface area contributed by atoms with E-state index in [0.717, 1.165) is 17.8 Å². The van der Waals surface area contributed by atoms with Gasteiger partial charge in [-0.25, -0.2) is 0 Å². The minimum atomic E-state index is -0.169. The van der Waals surface area contributed by atoms with E-state index in [1.165, 1.54) is 70.6 Å². The topological polar surface area (TPSA) is 6.48 Å². The smallest absolute Gasteiger partial charge is 0.0706 e. The van der Waals surface area contributed by atoms with Gasteiger partial charge >= 0.3 is 0 Å². The molecular weight excluding hydrogens is 681 g/mol. The summed E-state index contributed by atoms with van der Waals surface area (Å²) in [7, 11) is 0. The van der Waals surface area contributed by atoms with E-state index in [9.17, 15) is 0 Å². The fourth-order valence-corrected chi connectivity index (χ4v) is 10.5. The molecule has 6 aromatic carbocycles. The van der Waals surface area contributed by atoms with Crippen LogP contribution in [0.3, 0.4) is 0 Å². The quantitative estimate of drug-likeness (QED) is 0.162. The van der Waals surface area contributed by atoms with Gasteiger partial charge in [0.05, 0.1) is 16.4 Å². The van der Waals surface area contributed by atoms with E-state index < -0.39 is 0 Å². The lowest BCUT2D eigenvalue weighted by atomic mass is 9.79. The van der Waals surface area contributed by atoms with Crippen molar-refractivity contribution in [1.82, 2.24) is 0 Å². The number of nitrogens with zero attached hydrogens (tertiary/aromatic N) is 2. The van der Waals surface area contributed by atoms with Crippen molar-refractivity contribution in [1.29, 1.82) is 0 Å². The molecule has 2 heterocycles. The first-order chi connectivity index (χ1) is 26.0. The molecular formula is C49H38N2S2. The summed E-state index contributed by atoms with van der Waals surface area (Å²) in [6.07, 6.45) is 6.03. The van der Waals surface area contributed by atoms with Gasteiger partial charge in [-0.05, 0) is 111 Å². The molecule has 0 spiro atoms. The van der Waals surface area contributed by atoms with Crippen molar-refractivity contribution >= 4 is 76.9 Å². The molecule has 0 saturated carbocycles. The maximum absolute atomic E-state index is 2.57. The van der Waals surface area contributed by atoms with Crippen LogP contribution < -0.4 is 9.80 Å². The summed E-state index contributed by atoms with van der Waals surface area (Å²) in [6, 6.07) is 55.6. The molecule has 0 saturated heterocycles. The largest absolute Gasteiger partial charge is 0.332 e. The molecule has 1 unspecified atom stereocenters. The molecule has 2 aromatic heterocycles. The first-order valence-corrected chi connectivity index (χ1v) is 20.1. The molecule has 2 nitrogen and oxygen atoms in total. The molecule has 0 bridgehead atoms. The normalized spacial score (nSPS) is 15.8. The first kappa shape index (κ1) is 32.0. The van der Waals surface area contributed by atoms with Gasteiger partial charge in [0.25, 0.3) is 0 Å². The molecule has 2 aliphatic rings. The Balaban J connectivity index is 1.07. The second-order valence-electron chi connectivity index (χ2n) is 14.6. The molecule has 1 atom stereocenters. The van der Waals surface area contributed by atoms with Crippen LogP contribution in [0.25, 0.3) is 36.9 Å². The minimum absolute atomic E-state index is 0.169. The van der Waals surface area contributed by atoms with Gasteiger partial charge in [0.2, 0.25) is 0 Å². The average molecular weight is 719 g/mol. The van der Waals surface area contributed by atoms with E-state index in [1.807, 2.05) is 22.7 Å². The lowest BCUT2D eigenvalue weighted by Crippen LogP contribution is -2.32. The number of benzene rings is 6. The molecule has 2 aliphatic carbocycles. The van der Waals surface area contributed by atoms with Crippen LogP contribution in [0, 0.1) is 0 Å². The molecule has 0 amide bonds. The zero-order valence-corrected chi connectivity index (χ0v) is 31.4. The van der Waals surface area contributed by atoms with Gasteiger partial charge in [-0.15, -0.1) is 22.7 Å². The van der Waals surface area contributed by atoms with E-state index >= 15 is 0 Å². The number of anilines is 5. The summed E-state index contributed by atoms with van der Waals surface area (Å²) >= 11 is 3.69. The van der Waals surface area contributed by atoms with Crippen LogP contribution in [0.5, 0.6) is 0 Å². The van der Waals surface area contributed by atoms with E-state index in [0.29, 0.717) is 0 Å². The predicted molar refractivity (Wildman–Crippen MR) is 230 cm³/mol. The molecule has 53 heavy (non-hydrogen) atoms. The summed E-state index contributed by atoms with van der Waals surface area (Å²) in [5.74, 6) is 0. The van der Waals surface area contributed by atoms with Crippen LogP contribution >= 0.6 is 22.7 Å². The van der Waals surface area contributed by atoms with Gasteiger partial charge in [0.1, 0.15) is 0 Å². The third-order valence-electron chi connectivity index (χ3n) is 11.1. The summed E-state index contributed by atoms with van der Waals surface area (Å²) in [4.78, 5) is 4.99. The van der Waals surface area contributed by atoms with Crippen LogP contribution in [-0.2, 0) is 5.41 Å². The Morgan fingerprint density at radius 2 is 1.28 bits per heavy atom. The van der Waals surface area contributed by atoms with Crippen molar-refractivity contribution in [3.63, 3.8) is 0 Å². The third kappa shape index (κ3) is 5.44. The highest BCUT2D eigenvalue weighted by atomic mass is 32.1. The van der Waals surface area contributed by atoms with E-state index in [-0.39, 0.29) is 11.5 Å². The Morgan fingerprint density at radius 3 is 2.09 bits per heavy atom. The van der Waals surface area contributed by atoms with Gasteiger partial charge in [-0.2, -0.15) is 0 Å². The van der Waals surface area contributed by atoms with E-state index in [4.69, 9.17) is 0 Å². The van der Waals surface area contributed by atoms with Crippen LogP contribution in [0.15, 0.2) is 180 Å². The lowest BCUT2D eigenvalue weighted by molar-refractivity contribution is 0.645. The van der Waals surface area contributed by atoms with Gasteiger partial charge in [-0.1, -0.05) is 123 Å². The summed E-state index contributed by atoms with van der Waals surface area (Å²) in [5.41, 5.74) is 13.8. The van der Waals surface area contributed by atoms with Crippen molar-refractivity contribution in [3.8, 4) is 11.1 Å². The van der Waals surface area contributed by atoms with Crippen molar-refractivity contribution in [2.45, 2.75) is 31.7 Å². The number of allylic oxidation sites excluding steroid dienone is 2. The standard InChI is InChI=1S/C49H38N2S2/c1-49(2)44-30-40(50(39-22-19-34-13-9-10-14-36(34)29-39)38-20-17-35(18-21-38)33-11-5-3-6-12-33)23-25-42(44)43-26-24-41(31-45(43)49)51(37-15-7-4-8-16-37)46-32-53-47-27-28-52-48(46)47/h3-23,25-32,41H,24H2,1-2H3. The summed E-state index contributed by atoms with van der Waals surface area (Å²) < 4.78 is 2.73. The molecule has 0 fully saturated rings. The highest BCUT2D eigenvalue weighted by molar-refractivity contribution is 7.27. The van der Waals surface area contributed by atoms with E-state index in [2.05, 4.69) is 198 Å². The number of hydrogen-bond acceptors (Lipinski definition) is 4. The molecule has 0 aliphatic heterocycles. The number of thiophene rings is 2. The van der Waals surface area contributed by atoms with Gasteiger partial charge < -0.3 is 9.80 Å². The SMILES string of the molecule is CC1(C)C2=CC(N(c3ccccc3)c3csc4ccsc34)CC=C2c2ccc(N(c3ccc(-c4ccccc4)cc3)c3ccc4ccccc4c3)cc21. The molecule has 0 N–H and O–H groups in total. The Bertz CT molecular complexity index is 2680. The van der Waals surface area contributed by atoms with E-state index in [1.54, 1.807) is 0 Å². The van der Waals surface area contributed by atoms with Crippen LogP contribution in [0.4, 0.5) is 28.4 Å². The fourth-order valence-electron chi connectivity index (χ4n) is 8.46. The molecule has 10 rings (SSSR count). The number of rotatable bonds is 7. The van der Waals surface area contributed by atoms with Gasteiger partial charge in [0, 0.05) is 38.2 Å². The number of para-hydroxylation sites is 1. The highest BCUT2D eigenvalue weighted by Crippen LogP contribution is 2.54. The lowest BCUT2D eigenvalue weighted by Gasteiger charge is -2.35. The summed E-state index contributed by atoms with van der Waals surface area (Å²) in [6.45, 7) is 4.82. The van der Waals surface area contributed by atoms with Crippen molar-refractivity contribution in [3.05, 3.63) is 191 Å². The zero-order valence-electron chi connectivity index (χ0n) is 29.7. The molecule has 8 aromatic rings. The molecule has 0 radical (unpaired) electrons. The summed E-state index contributed by atoms with van der Waals surface area (Å²) in [5, 5.41) is 7.05. The van der Waals surface area contributed by atoms with Crippen LogP contribution in [-0.4, -0.2) is 6.04 Å². The second-order valence-corrected chi connectivity index (χ2v) is 16.4. The predicted octanol–water partition coefficient (Wildman–Crippen LogP) is 14.5. The average Bonchev–Trinajstić information content (AvgIpc) is 3.90. The highest BCUT2D eigenvalue weighted by Gasteiger charge is 2.41. The van der Waals surface area contributed by atoms with Crippen LogP contribution in [0.1, 0.15) is 31.4 Å². The van der Waals surface area contributed by atoms with Crippen LogP contribution in [0.2, 0.25) is 0 Å². The monoisotopic (exact) mass is 718 g/mol. The van der Waals surface area contributed by atoms with Crippen molar-refractivity contribution in [2.24, 2.45) is 0 Å². The third-order valence-corrected chi connectivity index (χ3v) is 13.1. The first-order valence-electron chi connectivity index (χ1n) is 18.3. The maximum atomic E-state index is 2.57. The Hall–Kier alpha value is -5.68. The fraction of sp³-hybridized carbons (Fsp3) is 0.102. The zero-order chi connectivity index (χ0) is 35.5. The molecule has 256 valence electrons. The Labute approximate surface area is 319 Å². The molecule has 4 heteroatoms. The van der Waals surface area contributed by atoms with Crippen molar-refractivity contribution < 1.29 is 0 Å². The minimum Gasteiger partial charge on any atom is -0.332 e. The Morgan fingerprint density at radius 1 is 0.604 bits per heavy atom. The van der Waals surface area contributed by atoms with Gasteiger partial charge in [-0.3, -0.25) is 0 Å². The maximum Gasteiger partial charge on any atom is 0.0706 e. The van der Waals surface area contributed by atoms with Crippen molar-refractivity contribution in [2.75, 3.05) is 9.80 Å². The second kappa shape index (κ2) is 12.8. The number of hydrogen-bond donors (Lipinski definition) is 0. The Kier molecular flexibility index (Phi) is 7.71. The number of fused-ring (bicyclic) bond motifs is 5.